The molecule has 124 valence electrons. The Labute approximate surface area is 157 Å². The van der Waals surface area contributed by atoms with Crippen molar-refractivity contribution < 1.29 is 0 Å². The highest BCUT2D eigenvalue weighted by molar-refractivity contribution is 6.31. The van der Waals surface area contributed by atoms with Crippen molar-refractivity contribution in [2.45, 2.75) is 0 Å². The zero-order valence-electron chi connectivity index (χ0n) is 13.4. The van der Waals surface area contributed by atoms with Crippen LogP contribution >= 0.6 is 23.2 Å². The van der Waals surface area contributed by atoms with Crippen LogP contribution in [0.2, 0.25) is 10.0 Å². The summed E-state index contributed by atoms with van der Waals surface area (Å²) in [6.07, 6.45) is 3.61. The molecule has 0 aliphatic rings. The Morgan fingerprint density at radius 2 is 1.28 bits per heavy atom. The van der Waals surface area contributed by atoms with Crippen molar-refractivity contribution in [3.63, 3.8) is 0 Å². The van der Waals surface area contributed by atoms with E-state index in [-0.39, 0.29) is 0 Å². The van der Waals surface area contributed by atoms with Crippen LogP contribution in [-0.2, 0) is 0 Å². The molecule has 2 nitrogen and oxygen atoms in total. The van der Waals surface area contributed by atoms with Crippen LogP contribution in [0.1, 0.15) is 11.1 Å². The maximum Gasteiger partial charge on any atom is 0.0667 e. The first-order valence-electron chi connectivity index (χ1n) is 7.73. The summed E-state index contributed by atoms with van der Waals surface area (Å²) in [6.45, 7) is 3.76. The van der Waals surface area contributed by atoms with E-state index in [1.54, 1.807) is 11.2 Å². The topological polar surface area (TPSA) is 15.6 Å². The normalized spacial score (nSPS) is 10.8. The molecule has 3 aromatic rings. The number of hydrazone groups is 1. The van der Waals surface area contributed by atoms with Gasteiger partial charge in [-0.3, -0.25) is 0 Å². The van der Waals surface area contributed by atoms with Gasteiger partial charge in [0.1, 0.15) is 0 Å². The SMILES string of the molecule is C=Cc1ccc(C=NN(c2cccc(Cl)c2)c2cccc(Cl)c2)cc1. The van der Waals surface area contributed by atoms with E-state index in [0.717, 1.165) is 22.5 Å². The third-order valence-electron chi connectivity index (χ3n) is 3.60. The fourth-order valence-electron chi connectivity index (χ4n) is 2.34. The van der Waals surface area contributed by atoms with Gasteiger partial charge in [0.2, 0.25) is 0 Å². The summed E-state index contributed by atoms with van der Waals surface area (Å²) in [4.78, 5) is 0. The lowest BCUT2D eigenvalue weighted by Gasteiger charge is -2.19. The van der Waals surface area contributed by atoms with Gasteiger partial charge in [-0.1, -0.05) is 72.3 Å². The number of rotatable bonds is 5. The maximum absolute atomic E-state index is 6.14. The van der Waals surface area contributed by atoms with Crippen LogP contribution in [0.4, 0.5) is 11.4 Å². The molecule has 0 radical (unpaired) electrons. The Hall–Kier alpha value is -2.55. The first kappa shape index (κ1) is 17.3. The van der Waals surface area contributed by atoms with E-state index in [9.17, 15) is 0 Å². The molecular formula is C21H16Cl2N2. The first-order valence-corrected chi connectivity index (χ1v) is 8.49. The molecule has 0 N–H and O–H groups in total. The van der Waals surface area contributed by atoms with Crippen LogP contribution in [0.25, 0.3) is 6.08 Å². The summed E-state index contributed by atoms with van der Waals surface area (Å²) in [5, 5.41) is 7.74. The fraction of sp³-hybridized carbons (Fsp3) is 0. The van der Waals surface area contributed by atoms with Crippen molar-refractivity contribution in [3.05, 3.63) is 101 Å². The predicted octanol–water partition coefficient (Wildman–Crippen LogP) is 6.81. The number of benzene rings is 3. The maximum atomic E-state index is 6.14. The van der Waals surface area contributed by atoms with Crippen molar-refractivity contribution in [2.24, 2.45) is 5.10 Å². The molecule has 0 spiro atoms. The minimum absolute atomic E-state index is 0.648. The van der Waals surface area contributed by atoms with Gasteiger partial charge in [-0.15, -0.1) is 0 Å². The van der Waals surface area contributed by atoms with Gasteiger partial charge in [-0.25, -0.2) is 5.01 Å². The molecule has 4 heteroatoms. The summed E-state index contributed by atoms with van der Waals surface area (Å²) in [5.41, 5.74) is 3.76. The first-order chi connectivity index (χ1) is 12.2. The minimum Gasteiger partial charge on any atom is -0.234 e. The fourth-order valence-corrected chi connectivity index (χ4v) is 2.71. The Kier molecular flexibility index (Phi) is 5.54. The molecule has 0 amide bonds. The molecule has 0 atom stereocenters. The highest BCUT2D eigenvalue weighted by Gasteiger charge is 2.09. The number of halogens is 2. The van der Waals surface area contributed by atoms with Crippen LogP contribution in [0.5, 0.6) is 0 Å². The van der Waals surface area contributed by atoms with Crippen LogP contribution in [-0.4, -0.2) is 6.21 Å². The second-order valence-electron chi connectivity index (χ2n) is 5.39. The van der Waals surface area contributed by atoms with E-state index in [1.807, 2.05) is 78.9 Å². The second kappa shape index (κ2) is 8.02. The van der Waals surface area contributed by atoms with Gasteiger partial charge in [0.25, 0.3) is 0 Å². The zero-order chi connectivity index (χ0) is 17.6. The average Bonchev–Trinajstić information content (AvgIpc) is 2.63. The minimum atomic E-state index is 0.648. The molecule has 0 unspecified atom stereocenters. The monoisotopic (exact) mass is 366 g/mol. The Bertz CT molecular complexity index is 856. The van der Waals surface area contributed by atoms with Gasteiger partial charge in [0.05, 0.1) is 17.6 Å². The Morgan fingerprint density at radius 3 is 1.76 bits per heavy atom. The van der Waals surface area contributed by atoms with Crippen LogP contribution < -0.4 is 5.01 Å². The van der Waals surface area contributed by atoms with E-state index >= 15 is 0 Å². The third-order valence-corrected chi connectivity index (χ3v) is 4.07. The van der Waals surface area contributed by atoms with E-state index in [0.29, 0.717) is 10.0 Å². The van der Waals surface area contributed by atoms with E-state index in [2.05, 4.69) is 11.7 Å². The molecule has 0 fully saturated rings. The highest BCUT2D eigenvalue weighted by atomic mass is 35.5. The van der Waals surface area contributed by atoms with Gasteiger partial charge < -0.3 is 0 Å². The van der Waals surface area contributed by atoms with Crippen LogP contribution in [0, 0.1) is 0 Å². The van der Waals surface area contributed by atoms with Crippen molar-refractivity contribution in [1.82, 2.24) is 0 Å². The largest absolute Gasteiger partial charge is 0.234 e. The van der Waals surface area contributed by atoms with Gasteiger partial charge in [0.15, 0.2) is 0 Å². The molecule has 25 heavy (non-hydrogen) atoms. The van der Waals surface area contributed by atoms with E-state index in [1.165, 1.54) is 0 Å². The number of hydrogen-bond donors (Lipinski definition) is 0. The zero-order valence-corrected chi connectivity index (χ0v) is 15.0. The lowest BCUT2D eigenvalue weighted by molar-refractivity contribution is 1.09. The van der Waals surface area contributed by atoms with Gasteiger partial charge in [-0.2, -0.15) is 5.10 Å². The Morgan fingerprint density at radius 1 is 0.760 bits per heavy atom. The number of nitrogens with zero attached hydrogens (tertiary/aromatic N) is 2. The second-order valence-corrected chi connectivity index (χ2v) is 6.26. The quantitative estimate of drug-likeness (QED) is 0.357. The van der Waals surface area contributed by atoms with Gasteiger partial charge >= 0.3 is 0 Å². The molecule has 0 saturated heterocycles. The smallest absolute Gasteiger partial charge is 0.0667 e. The summed E-state index contributed by atoms with van der Waals surface area (Å²) in [7, 11) is 0. The molecule has 3 aromatic carbocycles. The molecule has 3 rings (SSSR count). The Balaban J connectivity index is 1.98. The summed E-state index contributed by atoms with van der Waals surface area (Å²) in [6, 6.07) is 23.1. The summed E-state index contributed by atoms with van der Waals surface area (Å²) < 4.78 is 0. The van der Waals surface area contributed by atoms with E-state index in [4.69, 9.17) is 23.2 Å². The third kappa shape index (κ3) is 4.50. The molecule has 0 saturated carbocycles. The van der Waals surface area contributed by atoms with Crippen molar-refractivity contribution >= 4 is 46.9 Å². The van der Waals surface area contributed by atoms with Crippen LogP contribution in [0.3, 0.4) is 0 Å². The molecule has 0 aromatic heterocycles. The molecular weight excluding hydrogens is 351 g/mol. The van der Waals surface area contributed by atoms with Crippen LogP contribution in [0.15, 0.2) is 84.5 Å². The molecule has 0 heterocycles. The average molecular weight is 367 g/mol. The van der Waals surface area contributed by atoms with Crippen molar-refractivity contribution in [1.29, 1.82) is 0 Å². The van der Waals surface area contributed by atoms with Crippen molar-refractivity contribution in [3.8, 4) is 0 Å². The molecule has 0 aliphatic heterocycles. The van der Waals surface area contributed by atoms with E-state index < -0.39 is 0 Å². The standard InChI is InChI=1S/C21H16Cl2N2/c1-2-16-9-11-17(12-10-16)15-24-25(20-7-3-5-18(22)13-20)21-8-4-6-19(23)14-21/h2-15H,1H2. The van der Waals surface area contributed by atoms with Crippen molar-refractivity contribution in [2.75, 3.05) is 5.01 Å². The highest BCUT2D eigenvalue weighted by Crippen LogP contribution is 2.29. The number of anilines is 2. The molecule has 0 aliphatic carbocycles. The summed E-state index contributed by atoms with van der Waals surface area (Å²) in [5.74, 6) is 0. The summed E-state index contributed by atoms with van der Waals surface area (Å²) >= 11 is 12.3. The predicted molar refractivity (Wildman–Crippen MR) is 109 cm³/mol. The lowest BCUT2D eigenvalue weighted by Crippen LogP contribution is -2.09. The van der Waals surface area contributed by atoms with Gasteiger partial charge in [0, 0.05) is 10.0 Å². The molecule has 0 bridgehead atoms. The lowest BCUT2D eigenvalue weighted by atomic mass is 10.1. The number of hydrogen-bond acceptors (Lipinski definition) is 2. The van der Waals surface area contributed by atoms with Gasteiger partial charge in [-0.05, 0) is 47.5 Å².